The van der Waals surface area contributed by atoms with Crippen molar-refractivity contribution in [3.05, 3.63) is 59.9 Å². The van der Waals surface area contributed by atoms with Crippen molar-refractivity contribution in [2.24, 2.45) is 0 Å². The fraction of sp³-hybridized carbons (Fsp3) is 0.387. The Hall–Kier alpha value is -4.02. The quantitative estimate of drug-likeness (QED) is 0.282. The minimum absolute atomic E-state index is 0.0809. The number of pyridine rings is 1. The molecule has 0 spiro atoms. The largest absolute Gasteiger partial charge is 0.468 e. The third-order valence-electron chi connectivity index (χ3n) is 7.97. The number of nitrogens with zero attached hydrogens (tertiary/aromatic N) is 5. The Labute approximate surface area is 237 Å². The topological polar surface area (TPSA) is 82.1 Å². The van der Waals surface area contributed by atoms with Crippen LogP contribution in [-0.2, 0) is 9.47 Å². The Morgan fingerprint density at radius 2 is 1.85 bits per heavy atom. The predicted octanol–water partition coefficient (Wildman–Crippen LogP) is 5.28. The highest BCUT2D eigenvalue weighted by atomic mass is 19.1. The summed E-state index contributed by atoms with van der Waals surface area (Å²) < 4.78 is 39.5. The molecule has 5 heterocycles. The zero-order chi connectivity index (χ0) is 27.8. The Kier molecular flexibility index (Phi) is 7.02. The van der Waals surface area contributed by atoms with Gasteiger partial charge in [0.1, 0.15) is 28.5 Å². The molecular formula is C31H32FN5O4. The molecule has 0 radical (unpaired) electrons. The number of hydrogen-bond donors (Lipinski definition) is 0. The average molecular weight is 558 g/mol. The monoisotopic (exact) mass is 557 g/mol. The summed E-state index contributed by atoms with van der Waals surface area (Å²) >= 11 is 0. The van der Waals surface area contributed by atoms with E-state index < -0.39 is 5.82 Å². The summed E-state index contributed by atoms with van der Waals surface area (Å²) in [4.78, 5) is 18.6. The number of hydrogen-bond acceptors (Lipinski definition) is 9. The molecule has 2 aromatic heterocycles. The van der Waals surface area contributed by atoms with Gasteiger partial charge in [0, 0.05) is 58.1 Å². The van der Waals surface area contributed by atoms with Crippen molar-refractivity contribution >= 4 is 27.5 Å². The second-order valence-corrected chi connectivity index (χ2v) is 10.5. The van der Waals surface area contributed by atoms with E-state index in [0.29, 0.717) is 42.3 Å². The van der Waals surface area contributed by atoms with Gasteiger partial charge in [0.15, 0.2) is 12.6 Å². The van der Waals surface area contributed by atoms with E-state index in [1.54, 1.807) is 19.4 Å². The summed E-state index contributed by atoms with van der Waals surface area (Å²) in [5.41, 5.74) is 2.20. The van der Waals surface area contributed by atoms with E-state index in [1.807, 2.05) is 30.3 Å². The SMILES string of the molecule is COCOc1cc(-c2ncc3c(N4CCCOCC4)nc(OC4=C5CCCN5CC4)nc3c2F)c2ccccc2c1. The van der Waals surface area contributed by atoms with Crippen LogP contribution < -0.4 is 14.4 Å². The Morgan fingerprint density at radius 1 is 0.951 bits per heavy atom. The first-order chi connectivity index (χ1) is 20.2. The van der Waals surface area contributed by atoms with Crippen LogP contribution in [0.15, 0.2) is 54.1 Å². The van der Waals surface area contributed by atoms with E-state index in [0.717, 1.165) is 61.8 Å². The van der Waals surface area contributed by atoms with Crippen molar-refractivity contribution in [3.63, 3.8) is 0 Å². The lowest BCUT2D eigenvalue weighted by atomic mass is 10.00. The van der Waals surface area contributed by atoms with Gasteiger partial charge in [0.05, 0.1) is 17.7 Å². The molecule has 2 saturated heterocycles. The maximum atomic E-state index is 16.7. The molecule has 2 aromatic carbocycles. The van der Waals surface area contributed by atoms with Gasteiger partial charge in [0.25, 0.3) is 0 Å². The lowest BCUT2D eigenvalue weighted by Gasteiger charge is -2.23. The predicted molar refractivity (Wildman–Crippen MR) is 153 cm³/mol. The number of methoxy groups -OCH3 is 1. The second kappa shape index (κ2) is 11.1. The van der Waals surface area contributed by atoms with Crippen molar-refractivity contribution in [1.29, 1.82) is 0 Å². The number of fused-ring (bicyclic) bond motifs is 3. The van der Waals surface area contributed by atoms with Crippen LogP contribution in [0.1, 0.15) is 25.7 Å². The van der Waals surface area contributed by atoms with Gasteiger partial charge in [-0.3, -0.25) is 4.98 Å². The number of halogens is 1. The lowest BCUT2D eigenvalue weighted by molar-refractivity contribution is 0.0512. The third kappa shape index (κ3) is 4.91. The third-order valence-corrected chi connectivity index (χ3v) is 7.97. The van der Waals surface area contributed by atoms with E-state index in [9.17, 15) is 0 Å². The second-order valence-electron chi connectivity index (χ2n) is 10.5. The van der Waals surface area contributed by atoms with E-state index in [4.69, 9.17) is 23.9 Å². The van der Waals surface area contributed by atoms with Gasteiger partial charge in [0.2, 0.25) is 0 Å². The molecule has 3 aliphatic heterocycles. The van der Waals surface area contributed by atoms with Crippen molar-refractivity contribution in [2.75, 3.05) is 58.2 Å². The number of aromatic nitrogens is 3. The number of rotatable bonds is 7. The van der Waals surface area contributed by atoms with Gasteiger partial charge >= 0.3 is 6.01 Å². The normalized spacial score (nSPS) is 17.4. The molecular weight excluding hydrogens is 525 g/mol. The van der Waals surface area contributed by atoms with Gasteiger partial charge in [-0.05, 0) is 42.2 Å². The highest BCUT2D eigenvalue weighted by molar-refractivity contribution is 6.00. The zero-order valence-electron chi connectivity index (χ0n) is 23.1. The Bertz CT molecular complexity index is 1640. The van der Waals surface area contributed by atoms with Crippen LogP contribution in [-0.4, -0.2) is 73.1 Å². The number of anilines is 1. The summed E-state index contributed by atoms with van der Waals surface area (Å²) in [6.07, 6.45) is 5.42. The lowest BCUT2D eigenvalue weighted by Crippen LogP contribution is -2.27. The minimum Gasteiger partial charge on any atom is -0.468 e. The van der Waals surface area contributed by atoms with E-state index in [-0.39, 0.29) is 24.0 Å². The molecule has 212 valence electrons. The molecule has 41 heavy (non-hydrogen) atoms. The number of allylic oxidation sites excluding steroid dienone is 1. The van der Waals surface area contributed by atoms with Gasteiger partial charge in [-0.15, -0.1) is 0 Å². The van der Waals surface area contributed by atoms with Crippen molar-refractivity contribution in [1.82, 2.24) is 19.9 Å². The van der Waals surface area contributed by atoms with Crippen LogP contribution in [0.2, 0.25) is 0 Å². The number of ether oxygens (including phenoxy) is 4. The maximum Gasteiger partial charge on any atom is 0.324 e. The highest BCUT2D eigenvalue weighted by Gasteiger charge is 2.29. The van der Waals surface area contributed by atoms with Crippen LogP contribution in [0.25, 0.3) is 32.9 Å². The van der Waals surface area contributed by atoms with Crippen LogP contribution in [0.4, 0.5) is 10.2 Å². The van der Waals surface area contributed by atoms with E-state index in [1.165, 1.54) is 5.70 Å². The van der Waals surface area contributed by atoms with Crippen LogP contribution in [0.3, 0.4) is 0 Å². The molecule has 9 nitrogen and oxygen atoms in total. The molecule has 0 amide bonds. The van der Waals surface area contributed by atoms with Crippen LogP contribution >= 0.6 is 0 Å². The first-order valence-electron chi connectivity index (χ1n) is 14.2. The maximum absolute atomic E-state index is 16.7. The van der Waals surface area contributed by atoms with Crippen molar-refractivity contribution < 1.29 is 23.3 Å². The standard InChI is InChI=1S/C31H32FN5O4/c1-38-19-40-21-16-20-6-2-3-7-22(20)23(17-21)28-27(32)29-24(18-33-28)30(37-11-5-14-39-15-13-37)35-31(34-29)41-26-9-12-36-10-4-8-25(26)36/h2-3,6-7,16-18H,4-5,8-15,19H2,1H3. The van der Waals surface area contributed by atoms with Crippen molar-refractivity contribution in [2.45, 2.75) is 25.7 Å². The molecule has 2 fully saturated rings. The smallest absolute Gasteiger partial charge is 0.324 e. The molecule has 4 aromatic rings. The van der Waals surface area contributed by atoms with Gasteiger partial charge in [-0.1, -0.05) is 24.3 Å². The molecule has 0 bridgehead atoms. The highest BCUT2D eigenvalue weighted by Crippen LogP contribution is 2.38. The summed E-state index contributed by atoms with van der Waals surface area (Å²) in [5, 5.41) is 2.31. The Balaban J connectivity index is 1.39. The molecule has 3 aliphatic rings. The molecule has 0 saturated carbocycles. The summed E-state index contributed by atoms with van der Waals surface area (Å²) in [6.45, 7) is 4.69. The molecule has 0 atom stereocenters. The zero-order valence-corrected chi connectivity index (χ0v) is 23.1. The van der Waals surface area contributed by atoms with Crippen LogP contribution in [0, 0.1) is 5.82 Å². The van der Waals surface area contributed by atoms with Gasteiger partial charge in [-0.2, -0.15) is 9.97 Å². The average Bonchev–Trinajstić information content (AvgIpc) is 3.51. The van der Waals surface area contributed by atoms with Gasteiger partial charge in [-0.25, -0.2) is 4.39 Å². The molecule has 7 rings (SSSR count). The summed E-state index contributed by atoms with van der Waals surface area (Å²) in [7, 11) is 1.56. The minimum atomic E-state index is -0.525. The first kappa shape index (κ1) is 25.9. The van der Waals surface area contributed by atoms with E-state index in [2.05, 4.69) is 19.8 Å². The molecule has 0 aliphatic carbocycles. The van der Waals surface area contributed by atoms with Crippen molar-refractivity contribution in [3.8, 4) is 23.0 Å². The van der Waals surface area contributed by atoms with Gasteiger partial charge < -0.3 is 28.7 Å². The number of benzene rings is 2. The molecule has 0 unspecified atom stereocenters. The molecule has 10 heteroatoms. The Morgan fingerprint density at radius 3 is 2.78 bits per heavy atom. The first-order valence-corrected chi connectivity index (χ1v) is 14.2. The summed E-state index contributed by atoms with van der Waals surface area (Å²) in [5.74, 6) is 1.54. The summed E-state index contributed by atoms with van der Waals surface area (Å²) in [6, 6.07) is 11.7. The molecule has 0 N–H and O–H groups in total. The fourth-order valence-corrected chi connectivity index (χ4v) is 6.04. The van der Waals surface area contributed by atoms with Crippen LogP contribution in [0.5, 0.6) is 11.8 Å². The van der Waals surface area contributed by atoms with E-state index >= 15 is 4.39 Å². The fourth-order valence-electron chi connectivity index (χ4n) is 6.04.